The number of allylic oxidation sites excluding steroid dienone is 1. The molecule has 0 bridgehead atoms. The fraction of sp³-hybridized carbons (Fsp3) is 0.333. The van der Waals surface area contributed by atoms with Crippen LogP contribution in [-0.4, -0.2) is 65.3 Å². The van der Waals surface area contributed by atoms with Gasteiger partial charge in [0.15, 0.2) is 5.82 Å². The van der Waals surface area contributed by atoms with Gasteiger partial charge in [-0.05, 0) is 36.3 Å². The first-order valence-corrected chi connectivity index (χ1v) is 10.8. The number of hydrogen-bond acceptors (Lipinski definition) is 8. The fourth-order valence-electron chi connectivity index (χ4n) is 4.10. The van der Waals surface area contributed by atoms with Crippen LogP contribution in [0.2, 0.25) is 0 Å². The molecule has 5 rings (SSSR count). The second-order valence-electron chi connectivity index (χ2n) is 8.07. The Morgan fingerprint density at radius 3 is 2.45 bits per heavy atom. The Morgan fingerprint density at radius 1 is 1.06 bits per heavy atom. The summed E-state index contributed by atoms with van der Waals surface area (Å²) in [6, 6.07) is 7.98. The van der Waals surface area contributed by atoms with E-state index in [1.54, 1.807) is 18.7 Å². The molecule has 0 unspecified atom stereocenters. The molecule has 0 aliphatic carbocycles. The SMILES string of the molecule is C=C(C)c1nnc2c3ncc(N4CCOCC4)cc3c(Cc3cc(OC)cc(OC)c3)nn12. The Hall–Kier alpha value is -3.72. The minimum absolute atomic E-state index is 0.558. The number of anilines is 1. The van der Waals surface area contributed by atoms with Crippen LogP contribution in [0.1, 0.15) is 24.0 Å². The van der Waals surface area contributed by atoms with E-state index in [4.69, 9.17) is 24.3 Å². The maximum atomic E-state index is 5.51. The predicted octanol–water partition coefficient (Wildman–Crippen LogP) is 3.15. The summed E-state index contributed by atoms with van der Waals surface area (Å²) in [6.07, 6.45) is 2.45. The second kappa shape index (κ2) is 8.67. The number of aromatic nitrogens is 5. The zero-order valence-corrected chi connectivity index (χ0v) is 19.0. The number of morpholine rings is 1. The number of methoxy groups -OCH3 is 2. The maximum Gasteiger partial charge on any atom is 0.204 e. The van der Waals surface area contributed by atoms with Gasteiger partial charge in [-0.25, -0.2) is 4.98 Å². The van der Waals surface area contributed by atoms with Gasteiger partial charge in [-0.2, -0.15) is 9.61 Å². The first-order chi connectivity index (χ1) is 16.1. The summed E-state index contributed by atoms with van der Waals surface area (Å²) in [5, 5.41) is 14.6. The molecule has 1 saturated heterocycles. The highest BCUT2D eigenvalue weighted by atomic mass is 16.5. The Labute approximate surface area is 191 Å². The third kappa shape index (κ3) is 3.95. The average Bonchev–Trinajstić information content (AvgIpc) is 3.28. The molecule has 0 atom stereocenters. The quantitative estimate of drug-likeness (QED) is 0.446. The number of nitrogens with zero attached hydrogens (tertiary/aromatic N) is 6. The summed E-state index contributed by atoms with van der Waals surface area (Å²) < 4.78 is 18.2. The standard InChI is InChI=1S/C24H26N6O3/c1-15(2)23-26-27-24-22-20(12-17(14-25-22)29-5-7-33-8-6-29)21(28-30(23)24)11-16-9-18(31-3)13-19(10-16)32-4/h9-10,12-14H,1,5-8,11H2,2-4H3. The summed E-state index contributed by atoms with van der Waals surface area (Å²) >= 11 is 0. The highest BCUT2D eigenvalue weighted by Gasteiger charge is 2.19. The van der Waals surface area contributed by atoms with E-state index >= 15 is 0 Å². The Morgan fingerprint density at radius 2 is 1.79 bits per heavy atom. The van der Waals surface area contributed by atoms with Gasteiger partial charge in [0.05, 0.1) is 45.0 Å². The third-order valence-electron chi connectivity index (χ3n) is 5.80. The zero-order valence-electron chi connectivity index (χ0n) is 19.0. The van der Waals surface area contributed by atoms with Gasteiger partial charge in [0.2, 0.25) is 5.65 Å². The van der Waals surface area contributed by atoms with Crippen LogP contribution in [0.3, 0.4) is 0 Å². The van der Waals surface area contributed by atoms with Gasteiger partial charge in [0.1, 0.15) is 17.0 Å². The first kappa shape index (κ1) is 21.1. The van der Waals surface area contributed by atoms with Crippen molar-refractivity contribution in [3.8, 4) is 11.5 Å². The lowest BCUT2D eigenvalue weighted by Crippen LogP contribution is -2.36. The third-order valence-corrected chi connectivity index (χ3v) is 5.80. The summed E-state index contributed by atoms with van der Waals surface area (Å²) in [5.74, 6) is 2.08. The molecule has 1 fully saturated rings. The van der Waals surface area contributed by atoms with Gasteiger partial charge in [-0.15, -0.1) is 10.2 Å². The second-order valence-corrected chi connectivity index (χ2v) is 8.07. The number of fused-ring (bicyclic) bond motifs is 3. The van der Waals surface area contributed by atoms with Crippen molar-refractivity contribution in [3.05, 3.63) is 54.1 Å². The van der Waals surface area contributed by atoms with Gasteiger partial charge in [0.25, 0.3) is 0 Å². The molecule has 170 valence electrons. The van der Waals surface area contributed by atoms with Crippen LogP contribution >= 0.6 is 0 Å². The van der Waals surface area contributed by atoms with Gasteiger partial charge >= 0.3 is 0 Å². The van der Waals surface area contributed by atoms with Gasteiger partial charge in [-0.3, -0.25) is 0 Å². The fourth-order valence-corrected chi connectivity index (χ4v) is 4.10. The number of rotatable bonds is 6. The summed E-state index contributed by atoms with van der Waals surface area (Å²) in [7, 11) is 3.29. The molecule has 0 radical (unpaired) electrons. The molecule has 3 aromatic heterocycles. The van der Waals surface area contributed by atoms with Crippen molar-refractivity contribution in [2.45, 2.75) is 13.3 Å². The van der Waals surface area contributed by atoms with Crippen LogP contribution in [0.15, 0.2) is 37.0 Å². The monoisotopic (exact) mass is 446 g/mol. The van der Waals surface area contributed by atoms with Crippen LogP contribution < -0.4 is 14.4 Å². The van der Waals surface area contributed by atoms with E-state index < -0.39 is 0 Å². The van der Waals surface area contributed by atoms with Crippen molar-refractivity contribution in [1.82, 2.24) is 24.8 Å². The van der Waals surface area contributed by atoms with E-state index in [0.29, 0.717) is 31.1 Å². The molecule has 1 aliphatic rings. The van der Waals surface area contributed by atoms with Crippen molar-refractivity contribution in [2.75, 3.05) is 45.4 Å². The Balaban J connectivity index is 1.69. The number of ether oxygens (including phenoxy) is 3. The Kier molecular flexibility index (Phi) is 5.55. The van der Waals surface area contributed by atoms with Crippen LogP contribution in [0.5, 0.6) is 11.5 Å². The minimum atomic E-state index is 0.558. The lowest BCUT2D eigenvalue weighted by molar-refractivity contribution is 0.122. The molecule has 1 aliphatic heterocycles. The molecule has 1 aromatic carbocycles. The van der Waals surface area contributed by atoms with Crippen LogP contribution in [0.25, 0.3) is 22.1 Å². The molecule has 0 amide bonds. The molecule has 4 heterocycles. The van der Waals surface area contributed by atoms with Crippen molar-refractivity contribution in [3.63, 3.8) is 0 Å². The van der Waals surface area contributed by atoms with E-state index in [2.05, 4.69) is 27.7 Å². The van der Waals surface area contributed by atoms with Crippen LogP contribution in [0.4, 0.5) is 5.69 Å². The molecular formula is C24H26N6O3. The van der Waals surface area contributed by atoms with E-state index in [1.165, 1.54) is 0 Å². The number of benzene rings is 1. The van der Waals surface area contributed by atoms with Crippen molar-refractivity contribution < 1.29 is 14.2 Å². The number of hydrogen-bond donors (Lipinski definition) is 0. The molecule has 0 spiro atoms. The average molecular weight is 447 g/mol. The molecule has 0 saturated carbocycles. The van der Waals surface area contributed by atoms with Crippen molar-refractivity contribution >= 4 is 27.8 Å². The largest absolute Gasteiger partial charge is 0.497 e. The highest BCUT2D eigenvalue weighted by Crippen LogP contribution is 2.29. The number of pyridine rings is 1. The molecule has 4 aromatic rings. The smallest absolute Gasteiger partial charge is 0.204 e. The highest BCUT2D eigenvalue weighted by molar-refractivity contribution is 5.93. The Bertz CT molecular complexity index is 1320. The summed E-state index contributed by atoms with van der Waals surface area (Å²) in [6.45, 7) is 8.99. The predicted molar refractivity (Wildman–Crippen MR) is 126 cm³/mol. The van der Waals surface area contributed by atoms with Crippen LogP contribution in [-0.2, 0) is 11.2 Å². The normalized spacial score (nSPS) is 14.1. The van der Waals surface area contributed by atoms with Crippen LogP contribution in [0, 0.1) is 0 Å². The molecule has 0 N–H and O–H groups in total. The van der Waals surface area contributed by atoms with E-state index in [1.807, 2.05) is 31.3 Å². The molecular weight excluding hydrogens is 420 g/mol. The lowest BCUT2D eigenvalue weighted by atomic mass is 10.0. The van der Waals surface area contributed by atoms with E-state index in [-0.39, 0.29) is 0 Å². The summed E-state index contributed by atoms with van der Waals surface area (Å²) in [5.41, 5.74) is 5.07. The minimum Gasteiger partial charge on any atom is -0.497 e. The van der Waals surface area contributed by atoms with Crippen molar-refractivity contribution in [1.29, 1.82) is 0 Å². The summed E-state index contributed by atoms with van der Waals surface area (Å²) in [4.78, 5) is 7.08. The van der Waals surface area contributed by atoms with Crippen molar-refractivity contribution in [2.24, 2.45) is 0 Å². The molecule has 9 heteroatoms. The maximum absolute atomic E-state index is 5.51. The topological polar surface area (TPSA) is 86.9 Å². The lowest BCUT2D eigenvalue weighted by Gasteiger charge is -2.28. The first-order valence-electron chi connectivity index (χ1n) is 10.8. The molecule has 33 heavy (non-hydrogen) atoms. The van der Waals surface area contributed by atoms with Gasteiger partial charge in [0, 0.05) is 31.0 Å². The zero-order chi connectivity index (χ0) is 22.9. The van der Waals surface area contributed by atoms with E-state index in [9.17, 15) is 0 Å². The van der Waals surface area contributed by atoms with E-state index in [0.717, 1.165) is 58.0 Å². The van der Waals surface area contributed by atoms with Gasteiger partial charge in [-0.1, -0.05) is 6.58 Å². The van der Waals surface area contributed by atoms with Gasteiger partial charge < -0.3 is 19.1 Å². The molecule has 9 nitrogen and oxygen atoms in total.